The highest BCUT2D eigenvalue weighted by molar-refractivity contribution is 7.92. The molecule has 0 aliphatic carbocycles. The maximum Gasteiger partial charge on any atom is 0.236 e. The molecule has 20 heavy (non-hydrogen) atoms. The van der Waals surface area contributed by atoms with Gasteiger partial charge in [0.05, 0.1) is 33.4 Å². The summed E-state index contributed by atoms with van der Waals surface area (Å²) >= 11 is 11.9. The van der Waals surface area contributed by atoms with Crippen molar-refractivity contribution >= 4 is 50.3 Å². The molecule has 2 aromatic carbocycles. The molecule has 2 N–H and O–H groups in total. The lowest BCUT2D eigenvalue weighted by Crippen LogP contribution is -2.24. The molecule has 0 amide bonds. The van der Waals surface area contributed by atoms with E-state index in [-0.39, 0.29) is 15.7 Å². The van der Waals surface area contributed by atoms with Crippen molar-refractivity contribution in [3.05, 3.63) is 52.5 Å². The zero-order valence-corrected chi connectivity index (χ0v) is 12.9. The van der Waals surface area contributed by atoms with E-state index in [1.807, 2.05) is 0 Å². The number of nitrogens with two attached hydrogens (primary N) is 1. The molecule has 0 bridgehead atoms. The Morgan fingerprint density at radius 1 is 1.00 bits per heavy atom. The first kappa shape index (κ1) is 15.0. The van der Waals surface area contributed by atoms with E-state index in [4.69, 9.17) is 28.9 Å². The van der Waals surface area contributed by atoms with Crippen molar-refractivity contribution in [3.8, 4) is 0 Å². The average Bonchev–Trinajstić information content (AvgIpc) is 2.35. The van der Waals surface area contributed by atoms with Crippen molar-refractivity contribution in [3.63, 3.8) is 0 Å². The number of nitrogen functional groups attached to an aromatic ring is 1. The predicted octanol–water partition coefficient (Wildman–Crippen LogP) is 3.67. The van der Waals surface area contributed by atoms with Crippen molar-refractivity contribution in [2.24, 2.45) is 0 Å². The summed E-state index contributed by atoms with van der Waals surface area (Å²) in [5.74, 6) is 0. The molecule has 4 nitrogen and oxygen atoms in total. The SMILES string of the molecule is CS(=O)(=O)N(c1ccccc1)c1cc(Cl)c(N)c(Cl)c1. The average molecular weight is 331 g/mol. The van der Waals surface area contributed by atoms with Gasteiger partial charge in [0.2, 0.25) is 10.0 Å². The molecule has 0 heterocycles. The third-order valence-electron chi connectivity index (χ3n) is 2.62. The third kappa shape index (κ3) is 3.00. The maximum atomic E-state index is 12.0. The lowest BCUT2D eigenvalue weighted by molar-refractivity contribution is 0.602. The van der Waals surface area contributed by atoms with Gasteiger partial charge in [-0.15, -0.1) is 0 Å². The fourth-order valence-electron chi connectivity index (χ4n) is 1.78. The predicted molar refractivity (Wildman–Crippen MR) is 84.3 cm³/mol. The zero-order chi connectivity index (χ0) is 14.9. The minimum absolute atomic E-state index is 0.206. The van der Waals surface area contributed by atoms with Crippen LogP contribution in [-0.2, 0) is 10.0 Å². The van der Waals surface area contributed by atoms with Crippen molar-refractivity contribution < 1.29 is 8.42 Å². The van der Waals surface area contributed by atoms with Crippen LogP contribution in [0.3, 0.4) is 0 Å². The number of anilines is 3. The van der Waals surface area contributed by atoms with Crippen LogP contribution in [0.15, 0.2) is 42.5 Å². The highest BCUT2D eigenvalue weighted by Gasteiger charge is 2.21. The molecule has 0 radical (unpaired) electrons. The zero-order valence-electron chi connectivity index (χ0n) is 10.5. The second kappa shape index (κ2) is 5.52. The van der Waals surface area contributed by atoms with E-state index in [2.05, 4.69) is 0 Å². The third-order valence-corrected chi connectivity index (χ3v) is 4.33. The molecule has 2 rings (SSSR count). The molecule has 0 saturated carbocycles. The van der Waals surface area contributed by atoms with Gasteiger partial charge in [0.15, 0.2) is 0 Å². The topological polar surface area (TPSA) is 63.4 Å². The number of halogens is 2. The first-order chi connectivity index (χ1) is 9.30. The number of hydrogen-bond donors (Lipinski definition) is 1. The Hall–Kier alpha value is -1.43. The van der Waals surface area contributed by atoms with Crippen LogP contribution in [-0.4, -0.2) is 14.7 Å². The highest BCUT2D eigenvalue weighted by atomic mass is 35.5. The van der Waals surface area contributed by atoms with Gasteiger partial charge in [-0.05, 0) is 24.3 Å². The van der Waals surface area contributed by atoms with Gasteiger partial charge in [-0.1, -0.05) is 41.4 Å². The fourth-order valence-corrected chi connectivity index (χ4v) is 3.25. The van der Waals surface area contributed by atoms with E-state index in [9.17, 15) is 8.42 Å². The van der Waals surface area contributed by atoms with Crippen LogP contribution >= 0.6 is 23.2 Å². The fraction of sp³-hybridized carbons (Fsp3) is 0.0769. The minimum Gasteiger partial charge on any atom is -0.396 e. The van der Waals surface area contributed by atoms with Crippen LogP contribution in [0.4, 0.5) is 17.1 Å². The lowest BCUT2D eigenvalue weighted by atomic mass is 10.2. The minimum atomic E-state index is -3.54. The lowest BCUT2D eigenvalue weighted by Gasteiger charge is -2.23. The Morgan fingerprint density at radius 2 is 1.50 bits per heavy atom. The Bertz CT molecular complexity index is 710. The van der Waals surface area contributed by atoms with Crippen LogP contribution in [0.2, 0.25) is 10.0 Å². The quantitative estimate of drug-likeness (QED) is 0.873. The standard InChI is InChI=1S/C13H12Cl2N2O2S/c1-20(18,19)17(9-5-3-2-4-6-9)10-7-11(14)13(16)12(15)8-10/h2-8H,16H2,1H3. The second-order valence-corrected chi connectivity index (χ2v) is 6.83. The summed E-state index contributed by atoms with van der Waals surface area (Å²) in [6.45, 7) is 0. The molecule has 106 valence electrons. The Kier molecular flexibility index (Phi) is 4.13. The Morgan fingerprint density at radius 3 is 1.95 bits per heavy atom. The van der Waals surface area contributed by atoms with Gasteiger partial charge < -0.3 is 5.73 Å². The molecule has 0 saturated heterocycles. The first-order valence-electron chi connectivity index (χ1n) is 5.60. The Labute approximate surface area is 127 Å². The molecule has 0 aromatic heterocycles. The molecule has 0 atom stereocenters. The summed E-state index contributed by atoms with van der Waals surface area (Å²) in [5, 5.41) is 0.411. The highest BCUT2D eigenvalue weighted by Crippen LogP contribution is 2.36. The van der Waals surface area contributed by atoms with Crippen molar-refractivity contribution in [2.75, 3.05) is 16.3 Å². The monoisotopic (exact) mass is 330 g/mol. The molecular formula is C13H12Cl2N2O2S. The number of nitrogens with zero attached hydrogens (tertiary/aromatic N) is 1. The summed E-state index contributed by atoms with van der Waals surface area (Å²) in [4.78, 5) is 0. The number of hydrogen-bond acceptors (Lipinski definition) is 3. The van der Waals surface area contributed by atoms with Gasteiger partial charge in [-0.3, -0.25) is 0 Å². The normalized spacial score (nSPS) is 11.3. The maximum absolute atomic E-state index is 12.0. The van der Waals surface area contributed by atoms with Crippen LogP contribution in [0.25, 0.3) is 0 Å². The van der Waals surface area contributed by atoms with E-state index in [0.29, 0.717) is 11.4 Å². The van der Waals surface area contributed by atoms with Crippen molar-refractivity contribution in [1.82, 2.24) is 0 Å². The molecule has 0 aliphatic heterocycles. The van der Waals surface area contributed by atoms with Crippen LogP contribution in [0.1, 0.15) is 0 Å². The molecule has 0 unspecified atom stereocenters. The van der Waals surface area contributed by atoms with E-state index in [1.165, 1.54) is 12.1 Å². The number of sulfonamides is 1. The number of benzene rings is 2. The van der Waals surface area contributed by atoms with Gasteiger partial charge in [-0.2, -0.15) is 0 Å². The van der Waals surface area contributed by atoms with Crippen LogP contribution in [0.5, 0.6) is 0 Å². The molecule has 0 aliphatic rings. The van der Waals surface area contributed by atoms with Crippen LogP contribution in [0, 0.1) is 0 Å². The van der Waals surface area contributed by atoms with Gasteiger partial charge in [0.1, 0.15) is 0 Å². The van der Waals surface area contributed by atoms with E-state index < -0.39 is 10.0 Å². The second-order valence-electron chi connectivity index (χ2n) is 4.19. The van der Waals surface area contributed by atoms with Crippen LogP contribution < -0.4 is 10.0 Å². The van der Waals surface area contributed by atoms with Gasteiger partial charge in [0, 0.05) is 0 Å². The molecule has 0 spiro atoms. The van der Waals surface area contributed by atoms with E-state index in [1.54, 1.807) is 30.3 Å². The smallest absolute Gasteiger partial charge is 0.236 e. The first-order valence-corrected chi connectivity index (χ1v) is 8.21. The van der Waals surface area contributed by atoms with Gasteiger partial charge >= 0.3 is 0 Å². The number of rotatable bonds is 3. The molecule has 2 aromatic rings. The van der Waals surface area contributed by atoms with Gasteiger partial charge in [-0.25, -0.2) is 12.7 Å². The Balaban J connectivity index is 2.66. The van der Waals surface area contributed by atoms with Crippen molar-refractivity contribution in [2.45, 2.75) is 0 Å². The number of para-hydroxylation sites is 1. The van der Waals surface area contributed by atoms with Crippen molar-refractivity contribution in [1.29, 1.82) is 0 Å². The van der Waals surface area contributed by atoms with E-state index >= 15 is 0 Å². The summed E-state index contributed by atoms with van der Waals surface area (Å²) in [6, 6.07) is 11.6. The molecule has 0 fully saturated rings. The molecule has 7 heteroatoms. The summed E-state index contributed by atoms with van der Waals surface area (Å²) in [5.41, 5.74) is 6.72. The largest absolute Gasteiger partial charge is 0.396 e. The van der Waals surface area contributed by atoms with Gasteiger partial charge in [0.25, 0.3) is 0 Å². The molecular weight excluding hydrogens is 319 g/mol. The van der Waals surface area contributed by atoms with E-state index in [0.717, 1.165) is 10.6 Å². The summed E-state index contributed by atoms with van der Waals surface area (Å²) < 4.78 is 25.3. The summed E-state index contributed by atoms with van der Waals surface area (Å²) in [6.07, 6.45) is 1.11. The summed E-state index contributed by atoms with van der Waals surface area (Å²) in [7, 11) is -3.54.